The molecule has 12 bridgehead atoms. The third-order valence-electron chi connectivity index (χ3n) is 11.1. The van der Waals surface area contributed by atoms with E-state index in [1.807, 2.05) is 60.7 Å². The Morgan fingerprint density at radius 2 is 0.947 bits per heavy atom. The van der Waals surface area contributed by atoms with Gasteiger partial charge in [0, 0.05) is 65.9 Å². The summed E-state index contributed by atoms with van der Waals surface area (Å²) >= 11 is 0. The van der Waals surface area contributed by atoms with E-state index in [-0.39, 0.29) is 55.9 Å². The molecule has 0 atom stereocenters. The molecule has 0 amide bonds. The molecular formula is C49H43Co2N4O2-. The number of phenolic OH excluding ortho intramolecular Hbond substituents is 2. The topological polar surface area (TPSA) is 93.2 Å². The van der Waals surface area contributed by atoms with Crippen LogP contribution >= 0.6 is 0 Å². The summed E-state index contributed by atoms with van der Waals surface area (Å²) in [5.41, 5.74) is 11.3. The van der Waals surface area contributed by atoms with Gasteiger partial charge < -0.3 is 15.2 Å². The molecule has 1 aliphatic heterocycles. The first-order chi connectivity index (χ1) is 26.2. The van der Waals surface area contributed by atoms with Crippen LogP contribution in [-0.4, -0.2) is 25.2 Å². The van der Waals surface area contributed by atoms with Crippen molar-refractivity contribution in [1.29, 1.82) is 0 Å². The number of aryl methyl sites for hydroxylation is 2. The van der Waals surface area contributed by atoms with Gasteiger partial charge in [-0.1, -0.05) is 96.1 Å². The second kappa shape index (κ2) is 14.3. The summed E-state index contributed by atoms with van der Waals surface area (Å²) < 4.78 is 0. The standard InChI is InChI=1S/C49H43N4O2.2Co/c1-26-10-9-11-27(2)42(26)43-40-20-18-36(50-40)32-22-30(48(3,4)5)24-34(46(32)54)38-16-14-28-12-13-29-15-17-39(53-45(29)44(28)52-38)35-25-31(49(6,7)8)23-33(47(35)55)37-19-21-41(43)51-37;;/h9-25H,1-8H3,(H2-,50,51,52,53,54,55);;/q-1;;. The van der Waals surface area contributed by atoms with Crippen molar-refractivity contribution in [3.05, 3.63) is 125 Å². The summed E-state index contributed by atoms with van der Waals surface area (Å²) in [7, 11) is 0. The van der Waals surface area contributed by atoms with E-state index in [9.17, 15) is 10.2 Å². The number of hydrogen-bond acceptors (Lipinski definition) is 5. The minimum Gasteiger partial charge on any atom is -0.657 e. The third-order valence-corrected chi connectivity index (χ3v) is 11.1. The maximum absolute atomic E-state index is 12.2. The van der Waals surface area contributed by atoms with Crippen LogP contribution in [0, 0.1) is 13.8 Å². The molecule has 4 aromatic heterocycles. The first kappa shape index (κ1) is 40.0. The van der Waals surface area contributed by atoms with E-state index >= 15 is 0 Å². The fourth-order valence-electron chi connectivity index (χ4n) is 7.88. The normalized spacial score (nSPS) is 12.4. The molecule has 2 radical (unpaired) electrons. The van der Waals surface area contributed by atoms with E-state index in [1.54, 1.807) is 0 Å². The van der Waals surface area contributed by atoms with Gasteiger partial charge in [0.25, 0.3) is 0 Å². The van der Waals surface area contributed by atoms with Crippen LogP contribution in [0.5, 0.6) is 11.5 Å². The number of pyridine rings is 2. The van der Waals surface area contributed by atoms with Gasteiger partial charge >= 0.3 is 0 Å². The van der Waals surface area contributed by atoms with Gasteiger partial charge in [-0.3, -0.25) is 0 Å². The van der Waals surface area contributed by atoms with Crippen molar-refractivity contribution in [1.82, 2.24) is 19.9 Å². The Hall–Kier alpha value is -5.26. The van der Waals surface area contributed by atoms with E-state index in [2.05, 4.69) is 97.9 Å². The summed E-state index contributed by atoms with van der Waals surface area (Å²) in [5, 5.41) is 28.8. The first-order valence-electron chi connectivity index (χ1n) is 18.8. The average molecular weight is 838 g/mol. The molecule has 0 spiro atoms. The number of hydrogen-bond donors (Lipinski definition) is 2. The molecule has 0 aliphatic carbocycles. The fraction of sp³-hybridized carbons (Fsp3) is 0.204. The van der Waals surface area contributed by atoms with Gasteiger partial charge in [-0.15, -0.1) is 11.0 Å². The maximum atomic E-state index is 12.2. The Balaban J connectivity index is 0.00000248. The number of fused-ring (bicyclic) bond motifs is 14. The molecule has 0 saturated carbocycles. The molecule has 9 rings (SSSR count). The molecular weight excluding hydrogens is 794 g/mol. The molecule has 2 N–H and O–H groups in total. The molecule has 8 heteroatoms. The van der Waals surface area contributed by atoms with Crippen molar-refractivity contribution < 1.29 is 43.8 Å². The van der Waals surface area contributed by atoms with Crippen LogP contribution in [0.4, 0.5) is 0 Å². The average Bonchev–Trinajstić information content (AvgIpc) is 3.83. The Kier molecular flexibility index (Phi) is 10.0. The van der Waals surface area contributed by atoms with Crippen molar-refractivity contribution in [3.8, 4) is 22.6 Å². The quantitative estimate of drug-likeness (QED) is 0.160. The zero-order chi connectivity index (χ0) is 38.6. The molecule has 1 aliphatic rings. The molecule has 57 heavy (non-hydrogen) atoms. The van der Waals surface area contributed by atoms with Gasteiger partial charge in [-0.2, -0.15) is 0 Å². The van der Waals surface area contributed by atoms with Crippen LogP contribution in [0.3, 0.4) is 0 Å². The van der Waals surface area contributed by atoms with Crippen molar-refractivity contribution in [2.75, 3.05) is 0 Å². The number of benzene rings is 4. The van der Waals surface area contributed by atoms with Gasteiger partial charge in [0.1, 0.15) is 11.5 Å². The van der Waals surface area contributed by atoms with Crippen molar-refractivity contribution in [2.45, 2.75) is 66.2 Å². The Morgan fingerprint density at radius 1 is 0.491 bits per heavy atom. The van der Waals surface area contributed by atoms with E-state index in [0.717, 1.165) is 55.4 Å². The summed E-state index contributed by atoms with van der Waals surface area (Å²) in [6.45, 7) is 17.3. The van der Waals surface area contributed by atoms with Gasteiger partial charge in [0.05, 0.1) is 33.5 Å². The summed E-state index contributed by atoms with van der Waals surface area (Å²) in [6.07, 6.45) is 4.00. The van der Waals surface area contributed by atoms with E-state index in [0.29, 0.717) is 54.8 Å². The van der Waals surface area contributed by atoms with Gasteiger partial charge in [-0.05, 0) is 107 Å². The predicted molar refractivity (Wildman–Crippen MR) is 229 cm³/mol. The summed E-state index contributed by atoms with van der Waals surface area (Å²) in [6, 6.07) is 30.6. The molecule has 4 aromatic carbocycles. The smallest absolute Gasteiger partial charge is 0.134 e. The van der Waals surface area contributed by atoms with Crippen LogP contribution < -0.4 is 4.98 Å². The van der Waals surface area contributed by atoms with Crippen molar-refractivity contribution in [3.63, 3.8) is 0 Å². The first-order valence-corrected chi connectivity index (χ1v) is 18.8. The van der Waals surface area contributed by atoms with Crippen LogP contribution in [0.25, 0.3) is 88.7 Å². The van der Waals surface area contributed by atoms with Gasteiger partial charge in [-0.25, -0.2) is 15.0 Å². The zero-order valence-corrected chi connectivity index (χ0v) is 35.2. The van der Waals surface area contributed by atoms with Crippen molar-refractivity contribution in [2.24, 2.45) is 0 Å². The maximum Gasteiger partial charge on any atom is 0.134 e. The summed E-state index contributed by atoms with van der Waals surface area (Å²) in [5.74, 6) is 0.239. The van der Waals surface area contributed by atoms with E-state index in [4.69, 9.17) is 19.9 Å². The Bertz CT molecular complexity index is 3090. The minimum absolute atomic E-state index is 0. The monoisotopic (exact) mass is 837 g/mol. The largest absolute Gasteiger partial charge is 0.657 e. The second-order valence-electron chi connectivity index (χ2n) is 17.0. The Labute approximate surface area is 352 Å². The van der Waals surface area contributed by atoms with Gasteiger partial charge in [0.2, 0.25) is 0 Å². The molecule has 0 unspecified atom stereocenters. The molecule has 0 saturated heterocycles. The number of nitrogens with zero attached hydrogens (tertiary/aromatic N) is 4. The van der Waals surface area contributed by atoms with Crippen LogP contribution in [-0.2, 0) is 44.4 Å². The Morgan fingerprint density at radius 3 is 1.49 bits per heavy atom. The molecule has 0 fully saturated rings. The second-order valence-corrected chi connectivity index (χ2v) is 17.0. The van der Waals surface area contributed by atoms with E-state index in [1.165, 1.54) is 0 Å². The molecule has 6 nitrogen and oxygen atoms in total. The number of phenols is 2. The zero-order valence-electron chi connectivity index (χ0n) is 33.2. The SMILES string of the molecule is Cc1cccc(C)c1-c1c2nc(c3cc(C(C)(C)C)cc(c3O)c3ccc4ccc5ccc(nc5c4n3)c3cc(C(C)(C)C)cc(c3O)c3ccc1[n-]3)C=C2.[Co].[Co]. The third kappa shape index (κ3) is 6.74. The van der Waals surface area contributed by atoms with Gasteiger partial charge in [0.15, 0.2) is 0 Å². The minimum atomic E-state index is -0.227. The summed E-state index contributed by atoms with van der Waals surface area (Å²) in [4.78, 5) is 21.0. The fourth-order valence-corrected chi connectivity index (χ4v) is 7.88. The molecule has 8 aromatic rings. The number of rotatable bonds is 1. The number of aromatic nitrogens is 4. The predicted octanol–water partition coefficient (Wildman–Crippen LogP) is 12.2. The van der Waals surface area contributed by atoms with E-state index < -0.39 is 0 Å². The van der Waals surface area contributed by atoms with Crippen LogP contribution in [0.2, 0.25) is 0 Å². The molecule has 5 heterocycles. The molecule has 290 valence electrons. The van der Waals surface area contributed by atoms with Crippen LogP contribution in [0.1, 0.15) is 75.2 Å². The number of aromatic hydroxyl groups is 2. The van der Waals surface area contributed by atoms with Crippen molar-refractivity contribution >= 4 is 77.6 Å². The van der Waals surface area contributed by atoms with Crippen LogP contribution in [0.15, 0.2) is 91.0 Å².